The van der Waals surface area contributed by atoms with Gasteiger partial charge < -0.3 is 0 Å². The zero-order valence-electron chi connectivity index (χ0n) is 5.81. The van der Waals surface area contributed by atoms with Crippen molar-refractivity contribution in [3.63, 3.8) is 0 Å². The molecule has 1 nitrogen and oxygen atoms in total. The van der Waals surface area contributed by atoms with Gasteiger partial charge in [-0.1, -0.05) is 5.92 Å². The van der Waals surface area contributed by atoms with Crippen LogP contribution in [0.4, 0.5) is 13.2 Å². The van der Waals surface area contributed by atoms with Crippen LogP contribution in [0.15, 0.2) is 12.3 Å². The summed E-state index contributed by atoms with van der Waals surface area (Å²) >= 11 is 0. The highest BCUT2D eigenvalue weighted by molar-refractivity contribution is 5.32. The van der Waals surface area contributed by atoms with Crippen LogP contribution in [0.2, 0.25) is 0 Å². The van der Waals surface area contributed by atoms with Gasteiger partial charge in [0.15, 0.2) is 0 Å². The van der Waals surface area contributed by atoms with Crippen LogP contribution in [0.25, 0.3) is 0 Å². The summed E-state index contributed by atoms with van der Waals surface area (Å²) in [6, 6.07) is 0.826. The van der Waals surface area contributed by atoms with Crippen molar-refractivity contribution < 1.29 is 13.2 Å². The highest BCUT2D eigenvalue weighted by atomic mass is 19.4. The lowest BCUT2D eigenvalue weighted by Crippen LogP contribution is -2.05. The molecule has 1 rings (SSSR count). The molecule has 0 amide bonds. The predicted molar refractivity (Wildman–Crippen MR) is 36.0 cm³/mol. The molecule has 61 valence electrons. The maximum absolute atomic E-state index is 12.0. The zero-order valence-corrected chi connectivity index (χ0v) is 5.81. The third kappa shape index (κ3) is 1.76. The van der Waals surface area contributed by atoms with Crippen LogP contribution >= 0.6 is 0 Å². The van der Waals surface area contributed by atoms with Gasteiger partial charge >= 0.3 is 6.18 Å². The van der Waals surface area contributed by atoms with E-state index in [-0.39, 0.29) is 5.56 Å². The topological polar surface area (TPSA) is 12.9 Å². The molecular weight excluding hydrogens is 167 g/mol. The van der Waals surface area contributed by atoms with E-state index in [0.29, 0.717) is 6.20 Å². The van der Waals surface area contributed by atoms with Gasteiger partial charge in [-0.25, -0.2) is 0 Å². The molecule has 0 aliphatic heterocycles. The molecule has 1 heterocycles. The van der Waals surface area contributed by atoms with Gasteiger partial charge in [0.1, 0.15) is 6.20 Å². The Balaban J connectivity index is 3.13. The number of aromatic nitrogens is 1. The minimum Gasteiger partial charge on any atom is -0.253 e. The second-order valence-corrected chi connectivity index (χ2v) is 2.03. The molecule has 0 aliphatic carbocycles. The van der Waals surface area contributed by atoms with Crippen LogP contribution in [-0.2, 0) is 6.18 Å². The summed E-state index contributed by atoms with van der Waals surface area (Å²) in [5.41, 5.74) is -0.848. The van der Waals surface area contributed by atoms with Crippen LogP contribution < -0.4 is 0 Å². The number of rotatable bonds is 0. The number of hydrogen-bond acceptors (Lipinski definition) is 1. The molecule has 0 aromatic carbocycles. The monoisotopic (exact) mass is 170 g/mol. The maximum atomic E-state index is 12.0. The Kier molecular flexibility index (Phi) is 2.05. The lowest BCUT2D eigenvalue weighted by atomic mass is 10.2. The van der Waals surface area contributed by atoms with Crippen LogP contribution in [0.5, 0.6) is 0 Å². The Morgan fingerprint density at radius 2 is 2.17 bits per heavy atom. The molecule has 0 N–H and O–H groups in total. The quantitative estimate of drug-likeness (QED) is 0.542. The summed E-state index contributed by atoms with van der Waals surface area (Å²) < 4.78 is 35.9. The van der Waals surface area contributed by atoms with Crippen molar-refractivity contribution in [3.05, 3.63) is 29.6 Å². The molecule has 1 aromatic heterocycles. The number of nitrogens with zero attached hydrogens (tertiary/aromatic N) is 1. The number of halogens is 3. The van der Waals surface area contributed by atoms with E-state index < -0.39 is 11.7 Å². The minimum absolute atomic E-state index is 0.00447. The van der Waals surface area contributed by atoms with Crippen molar-refractivity contribution in [1.29, 1.82) is 0 Å². The first-order chi connectivity index (χ1) is 5.54. The fourth-order valence-electron chi connectivity index (χ4n) is 0.625. The summed E-state index contributed by atoms with van der Waals surface area (Å²) in [6.45, 7) is 0. The molecule has 0 aliphatic rings. The number of terminal acetylenes is 1. The van der Waals surface area contributed by atoms with E-state index in [4.69, 9.17) is 6.42 Å². The SMILES string of the molecule is C#Cc1[c]ncc(C(F)(F)F)c1. The average molecular weight is 170 g/mol. The molecule has 0 spiro atoms. The minimum atomic E-state index is -4.40. The Morgan fingerprint density at radius 1 is 1.50 bits per heavy atom. The lowest BCUT2D eigenvalue weighted by Gasteiger charge is -2.04. The van der Waals surface area contributed by atoms with E-state index in [2.05, 4.69) is 11.2 Å². The van der Waals surface area contributed by atoms with Crippen LogP contribution in [0.1, 0.15) is 11.1 Å². The Bertz CT molecular complexity index is 322. The lowest BCUT2D eigenvalue weighted by molar-refractivity contribution is -0.137. The number of pyridine rings is 1. The third-order valence-corrected chi connectivity index (χ3v) is 1.17. The average Bonchev–Trinajstić information content (AvgIpc) is 2.03. The van der Waals surface area contributed by atoms with Crippen molar-refractivity contribution >= 4 is 0 Å². The molecule has 12 heavy (non-hydrogen) atoms. The van der Waals surface area contributed by atoms with Gasteiger partial charge in [-0.2, -0.15) is 13.2 Å². The summed E-state index contributed by atoms with van der Waals surface area (Å²) in [5, 5.41) is 0. The molecule has 1 aromatic rings. The third-order valence-electron chi connectivity index (χ3n) is 1.17. The van der Waals surface area contributed by atoms with Gasteiger partial charge in [-0.05, 0) is 6.07 Å². The van der Waals surface area contributed by atoms with E-state index in [1.54, 1.807) is 0 Å². The molecular formula is C8H3F3N. The number of alkyl halides is 3. The predicted octanol–water partition coefficient (Wildman–Crippen LogP) is 1.88. The van der Waals surface area contributed by atoms with Crippen LogP contribution in [0, 0.1) is 18.5 Å². The summed E-state index contributed by atoms with van der Waals surface area (Å²) in [6.07, 6.45) is 3.40. The summed E-state index contributed by atoms with van der Waals surface area (Å²) in [5.74, 6) is 2.02. The first-order valence-corrected chi connectivity index (χ1v) is 2.95. The van der Waals surface area contributed by atoms with Crippen molar-refractivity contribution in [2.45, 2.75) is 6.18 Å². The van der Waals surface area contributed by atoms with E-state index in [0.717, 1.165) is 6.07 Å². The second kappa shape index (κ2) is 2.86. The van der Waals surface area contributed by atoms with Gasteiger partial charge in [0.2, 0.25) is 0 Å². The van der Waals surface area contributed by atoms with Gasteiger partial charge in [-0.3, -0.25) is 4.98 Å². The summed E-state index contributed by atoms with van der Waals surface area (Å²) in [4.78, 5) is 3.23. The standard InChI is InChI=1S/C8H3F3N/c1-2-6-3-7(5-12-4-6)8(9,10)11/h1,3,5H. The van der Waals surface area contributed by atoms with Crippen molar-refractivity contribution in [2.24, 2.45) is 0 Å². The first kappa shape index (κ1) is 8.60. The largest absolute Gasteiger partial charge is 0.417 e. The molecule has 0 bridgehead atoms. The molecule has 0 atom stereocenters. The number of hydrogen-bond donors (Lipinski definition) is 0. The summed E-state index contributed by atoms with van der Waals surface area (Å²) in [7, 11) is 0. The highest BCUT2D eigenvalue weighted by Crippen LogP contribution is 2.28. The smallest absolute Gasteiger partial charge is 0.253 e. The molecule has 0 saturated carbocycles. The van der Waals surface area contributed by atoms with E-state index in [1.165, 1.54) is 0 Å². The van der Waals surface area contributed by atoms with Crippen molar-refractivity contribution in [3.8, 4) is 12.3 Å². The molecule has 0 saturated heterocycles. The van der Waals surface area contributed by atoms with Crippen LogP contribution in [-0.4, -0.2) is 4.98 Å². The maximum Gasteiger partial charge on any atom is 0.417 e. The van der Waals surface area contributed by atoms with Gasteiger partial charge in [0.05, 0.1) is 11.1 Å². The van der Waals surface area contributed by atoms with E-state index in [1.807, 2.05) is 5.92 Å². The van der Waals surface area contributed by atoms with Gasteiger partial charge in [0.25, 0.3) is 0 Å². The Labute approximate surface area is 67.2 Å². The van der Waals surface area contributed by atoms with Crippen molar-refractivity contribution in [1.82, 2.24) is 4.98 Å². The fourth-order valence-corrected chi connectivity index (χ4v) is 0.625. The molecule has 0 fully saturated rings. The molecule has 4 heteroatoms. The zero-order chi connectivity index (χ0) is 9.19. The van der Waals surface area contributed by atoms with E-state index in [9.17, 15) is 13.2 Å². The van der Waals surface area contributed by atoms with E-state index >= 15 is 0 Å². The Morgan fingerprint density at radius 3 is 2.67 bits per heavy atom. The molecule has 1 radical (unpaired) electrons. The Hall–Kier alpha value is -1.50. The highest BCUT2D eigenvalue weighted by Gasteiger charge is 2.30. The van der Waals surface area contributed by atoms with Gasteiger partial charge in [0, 0.05) is 6.20 Å². The van der Waals surface area contributed by atoms with Crippen molar-refractivity contribution in [2.75, 3.05) is 0 Å². The normalized spacial score (nSPS) is 10.8. The van der Waals surface area contributed by atoms with Crippen LogP contribution in [0.3, 0.4) is 0 Å². The first-order valence-electron chi connectivity index (χ1n) is 2.95. The molecule has 0 unspecified atom stereocenters. The second-order valence-electron chi connectivity index (χ2n) is 2.03. The van der Waals surface area contributed by atoms with Gasteiger partial charge in [-0.15, -0.1) is 6.42 Å². The fraction of sp³-hybridized carbons (Fsp3) is 0.125.